The van der Waals surface area contributed by atoms with Crippen molar-refractivity contribution in [1.29, 1.82) is 0 Å². The fraction of sp³-hybridized carbons (Fsp3) is 0.353. The lowest BCUT2D eigenvalue weighted by molar-refractivity contribution is 0.0957. The molecular weight excluding hydrogens is 290 g/mol. The average molecular weight is 313 g/mol. The molecule has 6 nitrogen and oxygen atoms in total. The highest BCUT2D eigenvalue weighted by Crippen LogP contribution is 2.09. The van der Waals surface area contributed by atoms with Crippen LogP contribution in [0.3, 0.4) is 0 Å². The smallest absolute Gasteiger partial charge is 0.253 e. The Balaban J connectivity index is 1.93. The second-order valence-corrected chi connectivity index (χ2v) is 5.59. The van der Waals surface area contributed by atoms with Crippen LogP contribution in [0.5, 0.6) is 0 Å². The van der Waals surface area contributed by atoms with E-state index in [1.165, 1.54) is 0 Å². The van der Waals surface area contributed by atoms with E-state index in [-0.39, 0.29) is 11.9 Å². The second-order valence-electron chi connectivity index (χ2n) is 5.59. The number of carbonyl (C=O) groups excluding carboxylic acids is 1. The maximum absolute atomic E-state index is 11.8. The summed E-state index contributed by atoms with van der Waals surface area (Å²) in [5.74, 6) is 0.582. The van der Waals surface area contributed by atoms with Crippen LogP contribution < -0.4 is 10.6 Å². The zero-order valence-corrected chi connectivity index (χ0v) is 13.8. The molecule has 2 rings (SSSR count). The molecule has 2 heterocycles. The molecule has 23 heavy (non-hydrogen) atoms. The van der Waals surface area contributed by atoms with Gasteiger partial charge in [0, 0.05) is 24.5 Å². The summed E-state index contributed by atoms with van der Waals surface area (Å²) < 4.78 is 1.98. The SMILES string of the molecule is C=CCNC(=O)c1ccc(N[C@@H](C)Cn2nc(C)cc2C)nc1. The molecule has 0 saturated carbocycles. The molecule has 0 saturated heterocycles. The van der Waals surface area contributed by atoms with E-state index in [1.54, 1.807) is 24.4 Å². The van der Waals surface area contributed by atoms with Gasteiger partial charge in [0.2, 0.25) is 0 Å². The van der Waals surface area contributed by atoms with Crippen molar-refractivity contribution in [2.45, 2.75) is 33.4 Å². The number of rotatable bonds is 7. The molecule has 2 N–H and O–H groups in total. The molecule has 0 unspecified atom stereocenters. The maximum atomic E-state index is 11.8. The largest absolute Gasteiger partial charge is 0.366 e. The third kappa shape index (κ3) is 4.67. The summed E-state index contributed by atoms with van der Waals surface area (Å²) in [5, 5.41) is 10.5. The number of amides is 1. The van der Waals surface area contributed by atoms with Gasteiger partial charge in [0.15, 0.2) is 0 Å². The topological polar surface area (TPSA) is 71.8 Å². The first-order valence-corrected chi connectivity index (χ1v) is 7.62. The first-order chi connectivity index (χ1) is 11.0. The number of hydrogen-bond donors (Lipinski definition) is 2. The van der Waals surface area contributed by atoms with E-state index in [2.05, 4.69) is 40.3 Å². The van der Waals surface area contributed by atoms with E-state index in [0.29, 0.717) is 12.1 Å². The van der Waals surface area contributed by atoms with Crippen LogP contribution >= 0.6 is 0 Å². The Kier molecular flexibility index (Phi) is 5.51. The lowest BCUT2D eigenvalue weighted by Crippen LogP contribution is -2.25. The molecule has 1 amide bonds. The number of hydrogen-bond acceptors (Lipinski definition) is 4. The number of nitrogens with one attached hydrogen (secondary N) is 2. The van der Waals surface area contributed by atoms with Crippen LogP contribution in [0, 0.1) is 13.8 Å². The van der Waals surface area contributed by atoms with E-state index in [9.17, 15) is 4.79 Å². The predicted molar refractivity (Wildman–Crippen MR) is 91.6 cm³/mol. The number of pyridine rings is 1. The molecule has 0 aliphatic carbocycles. The van der Waals surface area contributed by atoms with Crippen molar-refractivity contribution in [2.24, 2.45) is 0 Å². The van der Waals surface area contributed by atoms with Gasteiger partial charge in [-0.2, -0.15) is 5.10 Å². The lowest BCUT2D eigenvalue weighted by atomic mass is 10.2. The minimum atomic E-state index is -0.153. The van der Waals surface area contributed by atoms with Gasteiger partial charge in [-0.25, -0.2) is 4.98 Å². The molecule has 6 heteroatoms. The second kappa shape index (κ2) is 7.58. The monoisotopic (exact) mass is 313 g/mol. The molecule has 0 aliphatic rings. The van der Waals surface area contributed by atoms with Crippen molar-refractivity contribution in [3.8, 4) is 0 Å². The van der Waals surface area contributed by atoms with Crippen molar-refractivity contribution in [3.63, 3.8) is 0 Å². The normalized spacial score (nSPS) is 11.8. The van der Waals surface area contributed by atoms with Gasteiger partial charge in [-0.1, -0.05) is 6.08 Å². The van der Waals surface area contributed by atoms with E-state index >= 15 is 0 Å². The zero-order chi connectivity index (χ0) is 16.8. The van der Waals surface area contributed by atoms with Gasteiger partial charge in [-0.15, -0.1) is 6.58 Å². The Morgan fingerprint density at radius 1 is 1.43 bits per heavy atom. The third-order valence-electron chi connectivity index (χ3n) is 3.38. The van der Waals surface area contributed by atoms with Gasteiger partial charge in [0.05, 0.1) is 17.8 Å². The van der Waals surface area contributed by atoms with Crippen LogP contribution in [0.15, 0.2) is 37.1 Å². The van der Waals surface area contributed by atoms with Crippen LogP contribution in [0.4, 0.5) is 5.82 Å². The highest BCUT2D eigenvalue weighted by Gasteiger charge is 2.09. The van der Waals surface area contributed by atoms with E-state index < -0.39 is 0 Å². The van der Waals surface area contributed by atoms with Crippen LogP contribution in [0.2, 0.25) is 0 Å². The van der Waals surface area contributed by atoms with Gasteiger partial charge in [-0.05, 0) is 39.0 Å². The molecule has 0 aliphatic heterocycles. The van der Waals surface area contributed by atoms with Crippen LogP contribution in [-0.2, 0) is 6.54 Å². The van der Waals surface area contributed by atoms with Crippen LogP contribution in [0.1, 0.15) is 28.7 Å². The summed E-state index contributed by atoms with van der Waals surface area (Å²) >= 11 is 0. The number of aromatic nitrogens is 3. The van der Waals surface area contributed by atoms with Crippen molar-refractivity contribution in [3.05, 3.63) is 54.0 Å². The van der Waals surface area contributed by atoms with Crippen LogP contribution in [-0.4, -0.2) is 33.3 Å². The van der Waals surface area contributed by atoms with Crippen LogP contribution in [0.25, 0.3) is 0 Å². The summed E-state index contributed by atoms with van der Waals surface area (Å²) in [7, 11) is 0. The molecule has 0 fully saturated rings. The summed E-state index contributed by atoms with van der Waals surface area (Å²) in [5.41, 5.74) is 2.68. The quantitative estimate of drug-likeness (QED) is 0.770. The van der Waals surface area contributed by atoms with Crippen molar-refractivity contribution < 1.29 is 4.79 Å². The van der Waals surface area contributed by atoms with Gasteiger partial charge >= 0.3 is 0 Å². The fourth-order valence-electron chi connectivity index (χ4n) is 2.30. The summed E-state index contributed by atoms with van der Waals surface area (Å²) in [6.45, 7) is 10.9. The Labute approximate surface area is 136 Å². The molecule has 0 radical (unpaired) electrons. The van der Waals surface area contributed by atoms with E-state index in [4.69, 9.17) is 0 Å². The summed E-state index contributed by atoms with van der Waals surface area (Å²) in [6.07, 6.45) is 3.21. The molecule has 0 bridgehead atoms. The standard InChI is InChI=1S/C17H23N5O/c1-5-8-18-17(23)15-6-7-16(19-10-15)20-13(3)11-22-14(4)9-12(2)21-22/h5-7,9-10,13H,1,8,11H2,2-4H3,(H,18,23)(H,19,20)/t13-/m0/s1. The molecule has 2 aromatic rings. The maximum Gasteiger partial charge on any atom is 0.253 e. The first kappa shape index (κ1) is 16.7. The number of anilines is 1. The van der Waals surface area contributed by atoms with Crippen molar-refractivity contribution in [2.75, 3.05) is 11.9 Å². The fourth-order valence-corrected chi connectivity index (χ4v) is 2.30. The molecule has 2 aromatic heterocycles. The van der Waals surface area contributed by atoms with E-state index in [1.807, 2.05) is 18.5 Å². The Morgan fingerprint density at radius 3 is 2.78 bits per heavy atom. The molecule has 0 aromatic carbocycles. The van der Waals surface area contributed by atoms with Gasteiger partial charge in [0.1, 0.15) is 5.82 Å². The van der Waals surface area contributed by atoms with Crippen molar-refractivity contribution in [1.82, 2.24) is 20.1 Å². The molecule has 122 valence electrons. The molecule has 1 atom stereocenters. The van der Waals surface area contributed by atoms with E-state index in [0.717, 1.165) is 23.8 Å². The first-order valence-electron chi connectivity index (χ1n) is 7.62. The Hall–Kier alpha value is -2.63. The minimum absolute atomic E-state index is 0.153. The molecule has 0 spiro atoms. The van der Waals surface area contributed by atoms with Gasteiger partial charge in [-0.3, -0.25) is 9.48 Å². The Morgan fingerprint density at radius 2 is 2.22 bits per heavy atom. The third-order valence-corrected chi connectivity index (χ3v) is 3.38. The predicted octanol–water partition coefficient (Wildman–Crippen LogP) is 2.31. The highest BCUT2D eigenvalue weighted by atomic mass is 16.1. The Bertz CT molecular complexity index is 675. The minimum Gasteiger partial charge on any atom is -0.366 e. The number of carbonyl (C=O) groups is 1. The van der Waals surface area contributed by atoms with Crippen molar-refractivity contribution >= 4 is 11.7 Å². The number of nitrogens with zero attached hydrogens (tertiary/aromatic N) is 3. The zero-order valence-electron chi connectivity index (χ0n) is 13.8. The van der Waals surface area contributed by atoms with Gasteiger partial charge in [0.25, 0.3) is 5.91 Å². The summed E-state index contributed by atoms with van der Waals surface area (Å²) in [6, 6.07) is 5.78. The lowest BCUT2D eigenvalue weighted by Gasteiger charge is -2.15. The highest BCUT2D eigenvalue weighted by molar-refractivity contribution is 5.94. The summed E-state index contributed by atoms with van der Waals surface area (Å²) in [4.78, 5) is 16.1. The molecular formula is C17H23N5O. The van der Waals surface area contributed by atoms with Gasteiger partial charge < -0.3 is 10.6 Å². The average Bonchev–Trinajstić information content (AvgIpc) is 2.83. The number of aryl methyl sites for hydroxylation is 2.